The summed E-state index contributed by atoms with van der Waals surface area (Å²) in [5.41, 5.74) is 3.94. The molecule has 1 unspecified atom stereocenters. The number of hydrogen-bond donors (Lipinski definition) is 2. The van der Waals surface area contributed by atoms with Crippen molar-refractivity contribution in [3.8, 4) is 0 Å². The zero-order valence-electron chi connectivity index (χ0n) is 11.8. The van der Waals surface area contributed by atoms with Crippen molar-refractivity contribution < 1.29 is 0 Å². The van der Waals surface area contributed by atoms with E-state index in [-0.39, 0.29) is 0 Å². The smallest absolute Gasteiger partial charge is 0.0456 e. The van der Waals surface area contributed by atoms with E-state index in [2.05, 4.69) is 78.0 Å². The molecule has 3 rings (SSSR count). The summed E-state index contributed by atoms with van der Waals surface area (Å²) in [6.45, 7) is 3.20. The summed E-state index contributed by atoms with van der Waals surface area (Å²) >= 11 is 0. The maximum absolute atomic E-state index is 3.59. The zero-order chi connectivity index (χ0) is 13.8. The van der Waals surface area contributed by atoms with Crippen LogP contribution in [0.4, 0.5) is 0 Å². The van der Waals surface area contributed by atoms with Gasteiger partial charge in [0.2, 0.25) is 0 Å². The maximum Gasteiger partial charge on any atom is 0.0456 e. The predicted molar refractivity (Wildman–Crippen MR) is 84.9 cm³/mol. The molecule has 2 N–H and O–H groups in total. The molecule has 1 heterocycles. The van der Waals surface area contributed by atoms with E-state index >= 15 is 0 Å². The summed E-state index contributed by atoms with van der Waals surface area (Å²) in [4.78, 5) is 3.33. The molecule has 2 heteroatoms. The van der Waals surface area contributed by atoms with E-state index in [1.807, 2.05) is 0 Å². The number of nitrogens with one attached hydrogen (secondary N) is 2. The van der Waals surface area contributed by atoms with Crippen molar-refractivity contribution >= 4 is 10.9 Å². The number of aromatic amines is 1. The fraction of sp³-hybridized carbons (Fsp3) is 0.222. The monoisotopic (exact) mass is 264 g/mol. The van der Waals surface area contributed by atoms with Gasteiger partial charge in [-0.15, -0.1) is 0 Å². The van der Waals surface area contributed by atoms with Crippen molar-refractivity contribution in [3.63, 3.8) is 0 Å². The molecule has 20 heavy (non-hydrogen) atoms. The molecule has 0 amide bonds. The Labute approximate surface area is 119 Å². The molecule has 0 spiro atoms. The van der Waals surface area contributed by atoms with Gasteiger partial charge >= 0.3 is 0 Å². The van der Waals surface area contributed by atoms with Gasteiger partial charge in [-0.25, -0.2) is 0 Å². The minimum atomic E-state index is 0.390. The van der Waals surface area contributed by atoms with Crippen molar-refractivity contribution in [2.24, 2.45) is 0 Å². The molecule has 0 aliphatic rings. The third-order valence-electron chi connectivity index (χ3n) is 3.82. The molecule has 2 nitrogen and oxygen atoms in total. The lowest BCUT2D eigenvalue weighted by Gasteiger charge is -2.13. The Balaban J connectivity index is 1.60. The van der Waals surface area contributed by atoms with Gasteiger partial charge in [0.1, 0.15) is 0 Å². The van der Waals surface area contributed by atoms with Crippen LogP contribution in [0.1, 0.15) is 24.1 Å². The number of H-pyrrole nitrogens is 1. The number of para-hydroxylation sites is 1. The van der Waals surface area contributed by atoms with Crippen molar-refractivity contribution in [1.82, 2.24) is 10.3 Å². The highest BCUT2D eigenvalue weighted by molar-refractivity contribution is 5.83. The highest BCUT2D eigenvalue weighted by Gasteiger charge is 2.05. The lowest BCUT2D eigenvalue weighted by Crippen LogP contribution is -2.21. The first-order chi connectivity index (χ1) is 9.84. The number of benzene rings is 2. The fourth-order valence-corrected chi connectivity index (χ4v) is 2.62. The molecule has 0 radical (unpaired) electrons. The molecular formula is C18H20N2. The van der Waals surface area contributed by atoms with Crippen LogP contribution in [0.2, 0.25) is 0 Å². The molecule has 0 saturated carbocycles. The van der Waals surface area contributed by atoms with Crippen LogP contribution in [0.5, 0.6) is 0 Å². The Bertz CT molecular complexity index is 670. The van der Waals surface area contributed by atoms with Crippen molar-refractivity contribution in [2.45, 2.75) is 19.4 Å². The number of aromatic nitrogens is 1. The second kappa shape index (κ2) is 5.93. The number of hydrogen-bond acceptors (Lipinski definition) is 1. The molecule has 0 saturated heterocycles. The summed E-state index contributed by atoms with van der Waals surface area (Å²) < 4.78 is 0. The Morgan fingerprint density at radius 1 is 1.00 bits per heavy atom. The summed E-state index contributed by atoms with van der Waals surface area (Å²) in [7, 11) is 0. The van der Waals surface area contributed by atoms with Gasteiger partial charge in [0.15, 0.2) is 0 Å². The van der Waals surface area contributed by atoms with Crippen LogP contribution in [0, 0.1) is 0 Å². The standard InChI is InChI=1S/C18H20N2/c1-14(15-7-3-2-4-8-15)19-12-11-16-13-20-18-10-6-5-9-17(16)18/h2-10,13-14,19-20H,11-12H2,1H3. The van der Waals surface area contributed by atoms with Crippen molar-refractivity contribution in [3.05, 3.63) is 71.9 Å². The summed E-state index contributed by atoms with van der Waals surface area (Å²) in [6.07, 6.45) is 3.17. The quantitative estimate of drug-likeness (QED) is 0.714. The summed E-state index contributed by atoms with van der Waals surface area (Å²) in [6, 6.07) is 19.4. The minimum absolute atomic E-state index is 0.390. The van der Waals surface area contributed by atoms with Gasteiger partial charge in [-0.3, -0.25) is 0 Å². The first-order valence-electron chi connectivity index (χ1n) is 7.18. The molecule has 0 aliphatic heterocycles. The summed E-state index contributed by atoms with van der Waals surface area (Å²) in [5, 5.41) is 4.92. The Hall–Kier alpha value is -2.06. The molecule has 2 aromatic carbocycles. The van der Waals surface area contributed by atoms with Crippen LogP contribution in [0.3, 0.4) is 0 Å². The minimum Gasteiger partial charge on any atom is -0.361 e. The van der Waals surface area contributed by atoms with E-state index < -0.39 is 0 Å². The SMILES string of the molecule is CC(NCCc1c[nH]c2ccccc12)c1ccccc1. The van der Waals surface area contributed by atoms with Crippen LogP contribution < -0.4 is 5.32 Å². The van der Waals surface area contributed by atoms with E-state index in [0.717, 1.165) is 13.0 Å². The Morgan fingerprint density at radius 2 is 1.75 bits per heavy atom. The largest absolute Gasteiger partial charge is 0.361 e. The second-order valence-electron chi connectivity index (χ2n) is 5.20. The van der Waals surface area contributed by atoms with E-state index in [1.54, 1.807) is 0 Å². The molecule has 1 atom stereocenters. The van der Waals surface area contributed by atoms with Crippen molar-refractivity contribution in [2.75, 3.05) is 6.54 Å². The maximum atomic E-state index is 3.59. The molecular weight excluding hydrogens is 244 g/mol. The van der Waals surface area contributed by atoms with Crippen LogP contribution >= 0.6 is 0 Å². The topological polar surface area (TPSA) is 27.8 Å². The molecule has 1 aromatic heterocycles. The van der Waals surface area contributed by atoms with Crippen molar-refractivity contribution in [1.29, 1.82) is 0 Å². The zero-order valence-corrected chi connectivity index (χ0v) is 11.8. The lowest BCUT2D eigenvalue weighted by atomic mass is 10.1. The lowest BCUT2D eigenvalue weighted by molar-refractivity contribution is 0.577. The van der Waals surface area contributed by atoms with Gasteiger partial charge in [-0.05, 0) is 37.1 Å². The first-order valence-corrected chi connectivity index (χ1v) is 7.18. The molecule has 0 bridgehead atoms. The molecule has 3 aromatic rings. The Kier molecular flexibility index (Phi) is 3.84. The fourth-order valence-electron chi connectivity index (χ4n) is 2.62. The summed E-state index contributed by atoms with van der Waals surface area (Å²) in [5.74, 6) is 0. The highest BCUT2D eigenvalue weighted by atomic mass is 14.9. The Morgan fingerprint density at radius 3 is 2.60 bits per heavy atom. The van der Waals surface area contributed by atoms with Gasteiger partial charge < -0.3 is 10.3 Å². The third kappa shape index (κ3) is 2.75. The van der Waals surface area contributed by atoms with Crippen LogP contribution in [0.15, 0.2) is 60.8 Å². The second-order valence-corrected chi connectivity index (χ2v) is 5.20. The number of fused-ring (bicyclic) bond motifs is 1. The molecule has 0 fully saturated rings. The predicted octanol–water partition coefficient (Wildman–Crippen LogP) is 4.06. The van der Waals surface area contributed by atoms with Crippen LogP contribution in [-0.2, 0) is 6.42 Å². The molecule has 102 valence electrons. The normalized spacial score (nSPS) is 12.7. The van der Waals surface area contributed by atoms with Gasteiger partial charge in [-0.2, -0.15) is 0 Å². The van der Waals surface area contributed by atoms with Gasteiger partial charge in [0, 0.05) is 23.1 Å². The highest BCUT2D eigenvalue weighted by Crippen LogP contribution is 2.18. The van der Waals surface area contributed by atoms with Crippen LogP contribution in [-0.4, -0.2) is 11.5 Å². The van der Waals surface area contributed by atoms with Gasteiger partial charge in [-0.1, -0.05) is 48.5 Å². The molecule has 0 aliphatic carbocycles. The number of rotatable bonds is 5. The third-order valence-corrected chi connectivity index (χ3v) is 3.82. The van der Waals surface area contributed by atoms with Gasteiger partial charge in [0.05, 0.1) is 0 Å². The first kappa shape index (κ1) is 12.9. The van der Waals surface area contributed by atoms with Crippen LogP contribution in [0.25, 0.3) is 10.9 Å². The van der Waals surface area contributed by atoms with E-state index in [4.69, 9.17) is 0 Å². The van der Waals surface area contributed by atoms with E-state index in [0.29, 0.717) is 6.04 Å². The average molecular weight is 264 g/mol. The van der Waals surface area contributed by atoms with E-state index in [9.17, 15) is 0 Å². The average Bonchev–Trinajstić information content (AvgIpc) is 2.92. The van der Waals surface area contributed by atoms with Gasteiger partial charge in [0.25, 0.3) is 0 Å². The van der Waals surface area contributed by atoms with E-state index in [1.165, 1.54) is 22.0 Å².